The number of carbonyl (C=O) groups excluding carboxylic acids is 2. The van der Waals surface area contributed by atoms with E-state index in [-0.39, 0.29) is 12.4 Å². The highest BCUT2D eigenvalue weighted by Gasteiger charge is 2.31. The van der Waals surface area contributed by atoms with Gasteiger partial charge in [-0.15, -0.1) is 0 Å². The smallest absolute Gasteiger partial charge is 0.422 e. The van der Waals surface area contributed by atoms with E-state index < -0.39 is 48.4 Å². The molecular formula is C20H25F4N7O4. The van der Waals surface area contributed by atoms with Gasteiger partial charge in [0.2, 0.25) is 12.3 Å². The third-order valence-electron chi connectivity index (χ3n) is 4.80. The highest BCUT2D eigenvalue weighted by molar-refractivity contribution is 6.06. The molecule has 2 rings (SSSR count). The van der Waals surface area contributed by atoms with Gasteiger partial charge >= 0.3 is 6.18 Å². The number of aryl methyl sites for hydroxylation is 2. The van der Waals surface area contributed by atoms with E-state index in [1.165, 1.54) is 11.7 Å². The van der Waals surface area contributed by atoms with Gasteiger partial charge in [0.25, 0.3) is 5.91 Å². The van der Waals surface area contributed by atoms with Crippen molar-refractivity contribution in [3.8, 4) is 5.88 Å². The van der Waals surface area contributed by atoms with E-state index >= 15 is 0 Å². The van der Waals surface area contributed by atoms with Crippen molar-refractivity contribution >= 4 is 29.7 Å². The van der Waals surface area contributed by atoms with Gasteiger partial charge in [-0.05, 0) is 26.8 Å². The van der Waals surface area contributed by atoms with E-state index in [1.54, 1.807) is 27.8 Å². The fourth-order valence-electron chi connectivity index (χ4n) is 2.97. The maximum atomic E-state index is 14.9. The summed E-state index contributed by atoms with van der Waals surface area (Å²) in [7, 11) is 2.82. The largest absolute Gasteiger partial charge is 0.467 e. The third kappa shape index (κ3) is 6.65. The number of amidine groups is 1. The Bertz CT molecular complexity index is 1120. The fourth-order valence-corrected chi connectivity index (χ4v) is 2.97. The molecule has 0 aromatic carbocycles. The summed E-state index contributed by atoms with van der Waals surface area (Å²) in [6.07, 6.45) is -4.37. The van der Waals surface area contributed by atoms with Crippen LogP contribution >= 0.6 is 0 Å². The van der Waals surface area contributed by atoms with Crippen LogP contribution < -0.4 is 15.1 Å². The Morgan fingerprint density at radius 1 is 1.37 bits per heavy atom. The van der Waals surface area contributed by atoms with E-state index in [4.69, 9.17) is 4.74 Å². The second kappa shape index (κ2) is 11.1. The molecule has 0 saturated heterocycles. The van der Waals surface area contributed by atoms with Gasteiger partial charge in [-0.2, -0.15) is 28.4 Å². The van der Waals surface area contributed by atoms with Crippen molar-refractivity contribution in [2.24, 2.45) is 12.1 Å². The zero-order valence-corrected chi connectivity index (χ0v) is 19.6. The van der Waals surface area contributed by atoms with Crippen LogP contribution in [-0.4, -0.2) is 75.9 Å². The zero-order chi connectivity index (χ0) is 26.5. The number of aromatic nitrogens is 3. The molecular weight excluding hydrogens is 478 g/mol. The second-order valence-corrected chi connectivity index (χ2v) is 7.26. The molecule has 0 atom stereocenters. The minimum atomic E-state index is -4.76. The summed E-state index contributed by atoms with van der Waals surface area (Å²) in [4.78, 5) is 28.7. The molecule has 35 heavy (non-hydrogen) atoms. The molecule has 2 heterocycles. The maximum Gasteiger partial charge on any atom is 0.422 e. The van der Waals surface area contributed by atoms with E-state index in [2.05, 4.69) is 20.5 Å². The SMILES string of the molecule is CCN(C=O)/C(CO)=N\N(C)c1nc(OCC(F)(F)F)c(C(=O)Nc2c(C)nn(C)c2C)cc1F. The number of nitrogens with zero attached hydrogens (tertiary/aromatic N) is 6. The van der Waals surface area contributed by atoms with E-state index in [0.29, 0.717) is 29.6 Å². The Morgan fingerprint density at radius 2 is 2.03 bits per heavy atom. The summed E-state index contributed by atoms with van der Waals surface area (Å²) < 4.78 is 59.6. The normalized spacial score (nSPS) is 11.9. The molecule has 2 aromatic rings. The molecule has 2 aromatic heterocycles. The number of amides is 2. The highest BCUT2D eigenvalue weighted by atomic mass is 19.4. The van der Waals surface area contributed by atoms with Gasteiger partial charge in [-0.25, -0.2) is 9.40 Å². The fraction of sp³-hybridized carbons (Fsp3) is 0.450. The molecule has 0 spiro atoms. The van der Waals surface area contributed by atoms with E-state index in [9.17, 15) is 32.3 Å². The number of alkyl halides is 3. The van der Waals surface area contributed by atoms with Crippen LogP contribution in [0.15, 0.2) is 11.2 Å². The Balaban J connectivity index is 2.52. The molecule has 0 aliphatic rings. The average molecular weight is 503 g/mol. The Hall–Kier alpha value is -3.75. The minimum absolute atomic E-state index is 0.138. The van der Waals surface area contributed by atoms with Crippen LogP contribution in [0.25, 0.3) is 0 Å². The summed E-state index contributed by atoms with van der Waals surface area (Å²) in [6.45, 7) is 2.51. The number of hydrogen-bond acceptors (Lipinski definition) is 8. The van der Waals surface area contributed by atoms with Gasteiger partial charge < -0.3 is 15.2 Å². The van der Waals surface area contributed by atoms with Crippen molar-refractivity contribution in [2.45, 2.75) is 26.9 Å². The van der Waals surface area contributed by atoms with Crippen molar-refractivity contribution in [2.75, 3.05) is 37.1 Å². The van der Waals surface area contributed by atoms with Crippen LogP contribution in [0.2, 0.25) is 0 Å². The van der Waals surface area contributed by atoms with Crippen LogP contribution in [-0.2, 0) is 11.8 Å². The molecule has 0 aliphatic heterocycles. The molecule has 11 nitrogen and oxygen atoms in total. The number of halogens is 4. The lowest BCUT2D eigenvalue weighted by atomic mass is 10.2. The van der Waals surface area contributed by atoms with Gasteiger partial charge in [0, 0.05) is 20.6 Å². The van der Waals surface area contributed by atoms with Crippen molar-refractivity contribution in [1.82, 2.24) is 19.7 Å². The number of aliphatic hydroxyl groups is 1. The summed E-state index contributed by atoms with van der Waals surface area (Å²) in [5, 5.41) is 20.8. The van der Waals surface area contributed by atoms with Gasteiger partial charge in [0.15, 0.2) is 24.1 Å². The van der Waals surface area contributed by atoms with Gasteiger partial charge in [-0.3, -0.25) is 19.2 Å². The highest BCUT2D eigenvalue weighted by Crippen LogP contribution is 2.28. The first kappa shape index (κ1) is 27.5. The van der Waals surface area contributed by atoms with Gasteiger partial charge in [0.05, 0.1) is 17.1 Å². The van der Waals surface area contributed by atoms with Gasteiger partial charge in [0.1, 0.15) is 12.2 Å². The van der Waals surface area contributed by atoms with Crippen LogP contribution in [0.3, 0.4) is 0 Å². The number of anilines is 2. The number of ether oxygens (including phenoxy) is 1. The van der Waals surface area contributed by atoms with Crippen molar-refractivity contribution in [3.63, 3.8) is 0 Å². The molecule has 0 radical (unpaired) electrons. The van der Waals surface area contributed by atoms with E-state index in [0.717, 1.165) is 9.91 Å². The first-order valence-corrected chi connectivity index (χ1v) is 10.2. The molecule has 0 bridgehead atoms. The number of hydrazone groups is 1. The van der Waals surface area contributed by atoms with Crippen molar-refractivity contribution < 1.29 is 37.0 Å². The lowest BCUT2D eigenvalue weighted by Gasteiger charge is -2.21. The lowest BCUT2D eigenvalue weighted by molar-refractivity contribution is -0.154. The van der Waals surface area contributed by atoms with Crippen molar-refractivity contribution in [3.05, 3.63) is 28.8 Å². The first-order valence-electron chi connectivity index (χ1n) is 10.2. The predicted molar refractivity (Wildman–Crippen MR) is 118 cm³/mol. The minimum Gasteiger partial charge on any atom is -0.467 e. The molecule has 0 aliphatic carbocycles. The number of hydrogen-bond donors (Lipinski definition) is 2. The van der Waals surface area contributed by atoms with Gasteiger partial charge in [-0.1, -0.05) is 0 Å². The Morgan fingerprint density at radius 3 is 2.51 bits per heavy atom. The second-order valence-electron chi connectivity index (χ2n) is 7.26. The van der Waals surface area contributed by atoms with Crippen LogP contribution in [0.4, 0.5) is 29.1 Å². The number of pyridine rings is 1. The van der Waals surface area contributed by atoms with Crippen LogP contribution in [0.5, 0.6) is 5.88 Å². The van der Waals surface area contributed by atoms with Crippen molar-refractivity contribution in [1.29, 1.82) is 0 Å². The Kier molecular flexibility index (Phi) is 8.73. The molecule has 2 N–H and O–H groups in total. The van der Waals surface area contributed by atoms with Crippen LogP contribution in [0, 0.1) is 19.7 Å². The lowest BCUT2D eigenvalue weighted by Crippen LogP contribution is -2.34. The molecule has 0 unspecified atom stereocenters. The predicted octanol–water partition coefficient (Wildman–Crippen LogP) is 1.98. The topological polar surface area (TPSA) is 125 Å². The number of aliphatic hydroxyl groups excluding tert-OH is 1. The summed E-state index contributed by atoms with van der Waals surface area (Å²) in [5.74, 6) is -3.68. The summed E-state index contributed by atoms with van der Waals surface area (Å²) >= 11 is 0. The quantitative estimate of drug-likeness (QED) is 0.176. The number of likely N-dealkylation sites (N-methyl/N-ethyl adjacent to an activating group) is 1. The average Bonchev–Trinajstić information content (AvgIpc) is 3.03. The molecule has 0 saturated carbocycles. The monoisotopic (exact) mass is 503 g/mol. The molecule has 192 valence electrons. The zero-order valence-electron chi connectivity index (χ0n) is 19.6. The Labute approximate surface area is 198 Å². The number of nitrogens with one attached hydrogen (secondary N) is 1. The molecule has 2 amide bonds. The maximum absolute atomic E-state index is 14.9. The summed E-state index contributed by atoms with van der Waals surface area (Å²) in [6, 6.07) is 0.659. The summed E-state index contributed by atoms with van der Waals surface area (Å²) in [5.41, 5.74) is 0.690. The molecule has 0 fully saturated rings. The third-order valence-corrected chi connectivity index (χ3v) is 4.80. The van der Waals surface area contributed by atoms with Crippen LogP contribution in [0.1, 0.15) is 28.7 Å². The molecule has 15 heteroatoms. The number of carbonyl (C=O) groups is 2. The van der Waals surface area contributed by atoms with E-state index in [1.807, 2.05) is 0 Å². The first-order chi connectivity index (χ1) is 16.3. The standard InChI is InChI=1S/C20H25F4N7O4/c1-6-31(10-33)15(8-32)28-30(5)17-14(21)7-13(19(26-17)35-9-20(22,23)24)18(34)25-16-11(2)27-29(4)12(16)3/h7,10,32H,6,8-9H2,1-5H3,(H,25,34)/b28-15-. The number of rotatable bonds is 9.